The van der Waals surface area contributed by atoms with E-state index < -0.39 is 5.60 Å². The van der Waals surface area contributed by atoms with Crippen molar-refractivity contribution in [2.24, 2.45) is 5.92 Å². The predicted octanol–water partition coefficient (Wildman–Crippen LogP) is 3.85. The highest BCUT2D eigenvalue weighted by atomic mass is 16.6. The summed E-state index contributed by atoms with van der Waals surface area (Å²) in [5.41, 5.74) is 7.50. The number of nitrogen functional groups attached to an aromatic ring is 1. The zero-order valence-electron chi connectivity index (χ0n) is 14.0. The Morgan fingerprint density at radius 2 is 2.18 bits per heavy atom. The summed E-state index contributed by atoms with van der Waals surface area (Å²) in [4.78, 5) is 13.9. The number of carbonyl (C=O) groups is 1. The van der Waals surface area contributed by atoms with Crippen LogP contribution in [0.15, 0.2) is 24.3 Å². The van der Waals surface area contributed by atoms with E-state index in [1.54, 1.807) is 0 Å². The number of benzene rings is 1. The fraction of sp³-hybridized carbons (Fsp3) is 0.611. The lowest BCUT2D eigenvalue weighted by atomic mass is 9.99. The third-order valence-electron chi connectivity index (χ3n) is 3.97. The topological polar surface area (TPSA) is 55.6 Å². The van der Waals surface area contributed by atoms with E-state index >= 15 is 0 Å². The fourth-order valence-electron chi connectivity index (χ4n) is 2.90. The molecule has 0 spiro atoms. The molecule has 2 N–H and O–H groups in total. The molecule has 1 unspecified atom stereocenters. The van der Waals surface area contributed by atoms with E-state index in [4.69, 9.17) is 10.5 Å². The Balaban J connectivity index is 1.71. The predicted molar refractivity (Wildman–Crippen MR) is 89.7 cm³/mol. The first kappa shape index (κ1) is 16.7. The van der Waals surface area contributed by atoms with Crippen LogP contribution in [0.25, 0.3) is 0 Å². The van der Waals surface area contributed by atoms with E-state index in [0.717, 1.165) is 44.5 Å². The molecule has 22 heavy (non-hydrogen) atoms. The molecule has 1 fully saturated rings. The van der Waals surface area contributed by atoms with E-state index in [1.165, 1.54) is 5.56 Å². The summed E-state index contributed by atoms with van der Waals surface area (Å²) in [5.74, 6) is 0.591. The van der Waals surface area contributed by atoms with Crippen molar-refractivity contribution in [3.63, 3.8) is 0 Å². The van der Waals surface area contributed by atoms with E-state index in [9.17, 15) is 4.79 Å². The maximum atomic E-state index is 12.0. The van der Waals surface area contributed by atoms with Gasteiger partial charge in [0, 0.05) is 18.8 Å². The zero-order valence-corrected chi connectivity index (χ0v) is 14.0. The van der Waals surface area contributed by atoms with E-state index in [1.807, 2.05) is 43.9 Å². The summed E-state index contributed by atoms with van der Waals surface area (Å²) in [6.45, 7) is 7.36. The molecule has 0 bridgehead atoms. The van der Waals surface area contributed by atoms with Gasteiger partial charge in [0.2, 0.25) is 0 Å². The quantitative estimate of drug-likeness (QED) is 0.860. The highest BCUT2D eigenvalue weighted by molar-refractivity contribution is 5.68. The molecule has 0 radical (unpaired) electrons. The second-order valence-corrected chi connectivity index (χ2v) is 7.22. The molecule has 1 amide bonds. The van der Waals surface area contributed by atoms with Crippen molar-refractivity contribution in [2.45, 2.75) is 52.1 Å². The summed E-state index contributed by atoms with van der Waals surface area (Å²) < 4.78 is 5.43. The fourth-order valence-corrected chi connectivity index (χ4v) is 2.90. The second-order valence-electron chi connectivity index (χ2n) is 7.22. The van der Waals surface area contributed by atoms with Gasteiger partial charge in [-0.2, -0.15) is 0 Å². The third kappa shape index (κ3) is 5.24. The van der Waals surface area contributed by atoms with Gasteiger partial charge in [-0.05, 0) is 70.1 Å². The smallest absolute Gasteiger partial charge is 0.410 e. The van der Waals surface area contributed by atoms with Crippen LogP contribution in [0.1, 0.15) is 45.6 Å². The first-order valence-corrected chi connectivity index (χ1v) is 8.16. The van der Waals surface area contributed by atoms with Crippen molar-refractivity contribution < 1.29 is 9.53 Å². The largest absolute Gasteiger partial charge is 0.444 e. The average molecular weight is 304 g/mol. The zero-order chi connectivity index (χ0) is 16.2. The summed E-state index contributed by atoms with van der Waals surface area (Å²) in [6, 6.07) is 8.09. The molecular weight excluding hydrogens is 276 g/mol. The number of hydrogen-bond donors (Lipinski definition) is 1. The highest BCUT2D eigenvalue weighted by Crippen LogP contribution is 2.24. The molecule has 0 saturated carbocycles. The molecule has 1 saturated heterocycles. The molecule has 0 aromatic heterocycles. The van der Waals surface area contributed by atoms with Gasteiger partial charge in [-0.25, -0.2) is 4.79 Å². The van der Waals surface area contributed by atoms with Gasteiger partial charge in [0.25, 0.3) is 0 Å². The minimum Gasteiger partial charge on any atom is -0.444 e. The lowest BCUT2D eigenvalue weighted by molar-refractivity contribution is 0.0287. The van der Waals surface area contributed by atoms with Crippen LogP contribution in [-0.4, -0.2) is 29.7 Å². The van der Waals surface area contributed by atoms with Crippen LogP contribution in [0.3, 0.4) is 0 Å². The van der Waals surface area contributed by atoms with E-state index in [2.05, 4.69) is 6.07 Å². The molecule has 1 atom stereocenters. The van der Waals surface area contributed by atoms with E-state index in [0.29, 0.717) is 5.92 Å². The first-order chi connectivity index (χ1) is 10.3. The van der Waals surface area contributed by atoms with Crippen molar-refractivity contribution >= 4 is 11.8 Å². The lowest BCUT2D eigenvalue weighted by Crippen LogP contribution is -2.35. The number of nitrogens with zero attached hydrogens (tertiary/aromatic N) is 1. The number of nitrogens with two attached hydrogens (primary N) is 1. The molecule has 4 heteroatoms. The normalized spacial score (nSPS) is 18.5. The Morgan fingerprint density at radius 3 is 2.86 bits per heavy atom. The maximum Gasteiger partial charge on any atom is 0.410 e. The minimum absolute atomic E-state index is 0.175. The van der Waals surface area contributed by atoms with Crippen molar-refractivity contribution in [1.29, 1.82) is 0 Å². The van der Waals surface area contributed by atoms with Gasteiger partial charge in [-0.3, -0.25) is 0 Å². The molecule has 122 valence electrons. The monoisotopic (exact) mass is 304 g/mol. The second kappa shape index (κ2) is 7.03. The summed E-state index contributed by atoms with van der Waals surface area (Å²) in [5, 5.41) is 0. The van der Waals surface area contributed by atoms with Gasteiger partial charge < -0.3 is 15.4 Å². The lowest BCUT2D eigenvalue weighted by Gasteiger charge is -2.24. The molecule has 1 aliphatic heterocycles. The van der Waals surface area contributed by atoms with Gasteiger partial charge in [-0.15, -0.1) is 0 Å². The number of anilines is 1. The molecular formula is C18H28N2O2. The molecule has 1 heterocycles. The minimum atomic E-state index is -0.414. The van der Waals surface area contributed by atoms with Gasteiger partial charge in [0.05, 0.1) is 0 Å². The van der Waals surface area contributed by atoms with Gasteiger partial charge >= 0.3 is 6.09 Å². The Morgan fingerprint density at radius 1 is 1.41 bits per heavy atom. The average Bonchev–Trinajstić information content (AvgIpc) is 2.86. The Kier molecular flexibility index (Phi) is 5.33. The number of hydrogen-bond acceptors (Lipinski definition) is 3. The van der Waals surface area contributed by atoms with Crippen molar-refractivity contribution in [3.8, 4) is 0 Å². The molecule has 1 aliphatic rings. The third-order valence-corrected chi connectivity index (χ3v) is 3.97. The molecule has 1 aromatic rings. The van der Waals surface area contributed by atoms with Crippen LogP contribution in [0, 0.1) is 5.92 Å². The molecule has 4 nitrogen and oxygen atoms in total. The number of aryl methyl sites for hydroxylation is 1. The standard InChI is InChI=1S/C18H28N2O2/c1-18(2,3)22-17(21)20-11-10-15(13-20)8-4-6-14-7-5-9-16(19)12-14/h5,7,9,12,15H,4,6,8,10-11,13,19H2,1-3H3. The van der Waals surface area contributed by atoms with Crippen LogP contribution >= 0.6 is 0 Å². The number of amides is 1. The van der Waals surface area contributed by atoms with Crippen molar-refractivity contribution in [2.75, 3.05) is 18.8 Å². The van der Waals surface area contributed by atoms with Crippen LogP contribution in [0.2, 0.25) is 0 Å². The van der Waals surface area contributed by atoms with Crippen molar-refractivity contribution in [3.05, 3.63) is 29.8 Å². The molecule has 2 rings (SSSR count). The maximum absolute atomic E-state index is 12.0. The van der Waals surface area contributed by atoms with Crippen LogP contribution in [0.5, 0.6) is 0 Å². The molecule has 0 aliphatic carbocycles. The number of likely N-dealkylation sites (tertiary alicyclic amines) is 1. The molecule has 1 aromatic carbocycles. The summed E-state index contributed by atoms with van der Waals surface area (Å²) in [6.07, 6.45) is 4.24. The Labute approximate surface area is 133 Å². The first-order valence-electron chi connectivity index (χ1n) is 8.16. The highest BCUT2D eigenvalue weighted by Gasteiger charge is 2.29. The van der Waals surface area contributed by atoms with Crippen LogP contribution in [-0.2, 0) is 11.2 Å². The van der Waals surface area contributed by atoms with Crippen LogP contribution < -0.4 is 5.73 Å². The summed E-state index contributed by atoms with van der Waals surface area (Å²) in [7, 11) is 0. The SMILES string of the molecule is CC(C)(C)OC(=O)N1CCC(CCCc2cccc(N)c2)C1. The Bertz CT molecular complexity index is 508. The van der Waals surface area contributed by atoms with E-state index in [-0.39, 0.29) is 6.09 Å². The number of ether oxygens (including phenoxy) is 1. The number of carbonyl (C=O) groups excluding carboxylic acids is 1. The van der Waals surface area contributed by atoms with Crippen molar-refractivity contribution in [1.82, 2.24) is 4.90 Å². The van der Waals surface area contributed by atoms with Crippen LogP contribution in [0.4, 0.5) is 10.5 Å². The van der Waals surface area contributed by atoms with Gasteiger partial charge in [-0.1, -0.05) is 12.1 Å². The Hall–Kier alpha value is -1.71. The summed E-state index contributed by atoms with van der Waals surface area (Å²) >= 11 is 0. The van der Waals surface area contributed by atoms with Gasteiger partial charge in [0.1, 0.15) is 5.60 Å². The number of rotatable bonds is 4. The van der Waals surface area contributed by atoms with Gasteiger partial charge in [0.15, 0.2) is 0 Å².